The first-order chi connectivity index (χ1) is 8.77. The van der Waals surface area contributed by atoms with Crippen LogP contribution in [0.25, 0.3) is 0 Å². The molecule has 5 N–H and O–H groups in total. The molecule has 0 bridgehead atoms. The fourth-order valence-electron chi connectivity index (χ4n) is 2.01. The number of amides is 2. The van der Waals surface area contributed by atoms with Crippen molar-refractivity contribution in [3.63, 3.8) is 0 Å². The molecule has 2 amide bonds. The molecule has 7 heteroatoms. The van der Waals surface area contributed by atoms with E-state index in [1.807, 2.05) is 6.92 Å². The van der Waals surface area contributed by atoms with Gasteiger partial charge in [-0.1, -0.05) is 13.8 Å². The van der Waals surface area contributed by atoms with Crippen LogP contribution >= 0.6 is 23.7 Å². The maximum Gasteiger partial charge on any atom is 0.261 e. The largest absolute Gasteiger partial charge is 0.366 e. The summed E-state index contributed by atoms with van der Waals surface area (Å²) in [5.41, 5.74) is 10.8. The molecule has 1 aromatic rings. The second-order valence-corrected chi connectivity index (χ2v) is 6.29. The Morgan fingerprint density at radius 1 is 1.45 bits per heavy atom. The van der Waals surface area contributed by atoms with Crippen LogP contribution in [0.1, 0.15) is 47.2 Å². The number of carbonyl (C=O) groups excluding carboxylic acids is 2. The number of halogens is 1. The lowest BCUT2D eigenvalue weighted by Gasteiger charge is -2.31. The molecule has 5 nitrogen and oxygen atoms in total. The molecule has 0 aromatic carbocycles. The van der Waals surface area contributed by atoms with Crippen LogP contribution in [0, 0.1) is 5.92 Å². The molecule has 1 atom stereocenters. The molecule has 1 heterocycles. The van der Waals surface area contributed by atoms with Crippen LogP contribution in [0.3, 0.4) is 0 Å². The molecule has 1 rings (SSSR count). The van der Waals surface area contributed by atoms with Gasteiger partial charge < -0.3 is 16.8 Å². The van der Waals surface area contributed by atoms with Gasteiger partial charge in [-0.3, -0.25) is 9.59 Å². The third kappa shape index (κ3) is 5.11. The van der Waals surface area contributed by atoms with Crippen LogP contribution in [0.15, 0.2) is 11.4 Å². The average molecular weight is 320 g/mol. The van der Waals surface area contributed by atoms with Crippen molar-refractivity contribution in [1.29, 1.82) is 0 Å². The molecule has 0 saturated heterocycles. The molecule has 0 spiro atoms. The lowest BCUT2D eigenvalue weighted by Crippen LogP contribution is -2.52. The summed E-state index contributed by atoms with van der Waals surface area (Å²) in [6.45, 7) is 6.45. The highest BCUT2D eigenvalue weighted by Crippen LogP contribution is 2.19. The third-order valence-electron chi connectivity index (χ3n) is 2.83. The van der Waals surface area contributed by atoms with Crippen molar-refractivity contribution in [2.75, 3.05) is 6.54 Å². The van der Waals surface area contributed by atoms with Crippen molar-refractivity contribution in [2.45, 2.75) is 32.7 Å². The van der Waals surface area contributed by atoms with Gasteiger partial charge in [0, 0.05) is 11.9 Å². The first-order valence-corrected chi connectivity index (χ1v) is 7.06. The summed E-state index contributed by atoms with van der Waals surface area (Å²) in [4.78, 5) is 23.6. The number of nitrogens with one attached hydrogen (secondary N) is 1. The van der Waals surface area contributed by atoms with Crippen LogP contribution in [0.5, 0.6) is 0 Å². The number of hydrogen-bond donors (Lipinski definition) is 3. The molecule has 0 saturated carbocycles. The van der Waals surface area contributed by atoms with E-state index in [0.717, 1.165) is 6.42 Å². The third-order valence-corrected chi connectivity index (χ3v) is 3.76. The maximum absolute atomic E-state index is 12.1. The molecule has 20 heavy (non-hydrogen) atoms. The average Bonchev–Trinajstić information content (AvgIpc) is 2.77. The van der Waals surface area contributed by atoms with Crippen LogP contribution in [-0.4, -0.2) is 23.9 Å². The van der Waals surface area contributed by atoms with Crippen LogP contribution in [0.2, 0.25) is 0 Å². The van der Waals surface area contributed by atoms with Gasteiger partial charge in [0.25, 0.3) is 5.91 Å². The minimum atomic E-state index is -0.529. The van der Waals surface area contributed by atoms with Crippen molar-refractivity contribution in [2.24, 2.45) is 17.4 Å². The molecule has 0 aliphatic rings. The minimum Gasteiger partial charge on any atom is -0.366 e. The van der Waals surface area contributed by atoms with Crippen molar-refractivity contribution < 1.29 is 9.59 Å². The van der Waals surface area contributed by atoms with Crippen molar-refractivity contribution in [3.8, 4) is 0 Å². The summed E-state index contributed by atoms with van der Waals surface area (Å²) in [5, 5.41) is 4.52. The van der Waals surface area contributed by atoms with E-state index in [0.29, 0.717) is 22.9 Å². The summed E-state index contributed by atoms with van der Waals surface area (Å²) in [6, 6.07) is 1.51. The van der Waals surface area contributed by atoms with Gasteiger partial charge in [0.2, 0.25) is 5.91 Å². The van der Waals surface area contributed by atoms with E-state index in [2.05, 4.69) is 19.2 Å². The van der Waals surface area contributed by atoms with Gasteiger partial charge in [-0.15, -0.1) is 23.7 Å². The predicted octanol–water partition coefficient (Wildman–Crippen LogP) is 1.76. The summed E-state index contributed by atoms with van der Waals surface area (Å²) in [6.07, 6.45) is 0.795. The van der Waals surface area contributed by atoms with Gasteiger partial charge in [0.15, 0.2) is 0 Å². The Bertz CT molecular complexity index is 476. The van der Waals surface area contributed by atoms with Crippen molar-refractivity contribution in [3.05, 3.63) is 21.9 Å². The Kier molecular flexibility index (Phi) is 7.19. The second-order valence-electron chi connectivity index (χ2n) is 5.38. The molecule has 1 unspecified atom stereocenters. The molecule has 1 aromatic heterocycles. The van der Waals surface area contributed by atoms with Crippen molar-refractivity contribution in [1.82, 2.24) is 5.32 Å². The van der Waals surface area contributed by atoms with Gasteiger partial charge >= 0.3 is 0 Å². The van der Waals surface area contributed by atoms with Gasteiger partial charge in [-0.2, -0.15) is 0 Å². The zero-order chi connectivity index (χ0) is 14.6. The topological polar surface area (TPSA) is 98.2 Å². The molecule has 0 aliphatic carbocycles. The normalized spacial score (nSPS) is 13.4. The minimum absolute atomic E-state index is 0. The number of thiophene rings is 1. The monoisotopic (exact) mass is 319 g/mol. The lowest BCUT2D eigenvalue weighted by atomic mass is 9.90. The van der Waals surface area contributed by atoms with Crippen LogP contribution < -0.4 is 16.8 Å². The van der Waals surface area contributed by atoms with Gasteiger partial charge in [-0.05, 0) is 25.3 Å². The quantitative estimate of drug-likeness (QED) is 0.745. The Morgan fingerprint density at radius 2 is 2.05 bits per heavy atom. The predicted molar refractivity (Wildman–Crippen MR) is 84.5 cm³/mol. The highest BCUT2D eigenvalue weighted by Gasteiger charge is 2.27. The second kappa shape index (κ2) is 7.61. The Labute approximate surface area is 129 Å². The molecule has 0 aliphatic heterocycles. The van der Waals surface area contributed by atoms with E-state index >= 15 is 0 Å². The smallest absolute Gasteiger partial charge is 0.261 e. The number of hydrogen-bond acceptors (Lipinski definition) is 4. The summed E-state index contributed by atoms with van der Waals surface area (Å²) < 4.78 is 0. The standard InChI is InChI=1S/C13H21N3O2S.ClH/c1-8(2)5-13(3,7-14)16-12(18)10-4-9(6-19-10)11(15)17;/h4,6,8H,5,7,14H2,1-3H3,(H2,15,17)(H,16,18);1H. The highest BCUT2D eigenvalue weighted by molar-refractivity contribution is 7.12. The molecular formula is C13H22ClN3O2S. The summed E-state index contributed by atoms with van der Waals surface area (Å²) >= 11 is 1.20. The zero-order valence-electron chi connectivity index (χ0n) is 11.9. The fourth-order valence-corrected chi connectivity index (χ4v) is 2.80. The van der Waals surface area contributed by atoms with Crippen molar-refractivity contribution >= 4 is 35.6 Å². The van der Waals surface area contributed by atoms with E-state index in [9.17, 15) is 9.59 Å². The first-order valence-electron chi connectivity index (χ1n) is 6.18. The van der Waals surface area contributed by atoms with Crippen LogP contribution in [-0.2, 0) is 0 Å². The Hall–Kier alpha value is -1.11. The highest BCUT2D eigenvalue weighted by atomic mass is 35.5. The molecule has 0 radical (unpaired) electrons. The number of primary amides is 1. The summed E-state index contributed by atoms with van der Waals surface area (Å²) in [7, 11) is 0. The zero-order valence-corrected chi connectivity index (χ0v) is 13.6. The molecular weight excluding hydrogens is 298 g/mol. The fraction of sp³-hybridized carbons (Fsp3) is 0.538. The van der Waals surface area contributed by atoms with E-state index in [-0.39, 0.29) is 18.3 Å². The Balaban J connectivity index is 0.00000361. The van der Waals surface area contributed by atoms with E-state index in [4.69, 9.17) is 11.5 Å². The lowest BCUT2D eigenvalue weighted by molar-refractivity contribution is 0.0902. The number of nitrogens with two attached hydrogens (primary N) is 2. The maximum atomic E-state index is 12.1. The molecule has 114 valence electrons. The van der Waals surface area contributed by atoms with Gasteiger partial charge in [-0.25, -0.2) is 0 Å². The first kappa shape index (κ1) is 18.9. The van der Waals surface area contributed by atoms with E-state index in [1.165, 1.54) is 17.4 Å². The molecule has 0 fully saturated rings. The SMILES string of the molecule is CC(C)CC(C)(CN)NC(=O)c1cc(C(N)=O)cs1.Cl. The Morgan fingerprint density at radius 3 is 2.45 bits per heavy atom. The number of rotatable bonds is 6. The van der Waals surface area contributed by atoms with Crippen LogP contribution in [0.4, 0.5) is 0 Å². The summed E-state index contributed by atoms with van der Waals surface area (Å²) in [5.74, 6) is -0.316. The number of carbonyl (C=O) groups is 2. The van der Waals surface area contributed by atoms with E-state index < -0.39 is 11.4 Å². The van der Waals surface area contributed by atoms with Gasteiger partial charge in [0.1, 0.15) is 0 Å². The van der Waals surface area contributed by atoms with E-state index in [1.54, 1.807) is 5.38 Å². The van der Waals surface area contributed by atoms with Gasteiger partial charge in [0.05, 0.1) is 16.0 Å².